The summed E-state index contributed by atoms with van der Waals surface area (Å²) in [6.07, 6.45) is 9.70. The molecule has 1 heterocycles. The van der Waals surface area contributed by atoms with E-state index < -0.39 is 0 Å². The van der Waals surface area contributed by atoms with Gasteiger partial charge in [-0.15, -0.1) is 0 Å². The van der Waals surface area contributed by atoms with Crippen molar-refractivity contribution < 1.29 is 0 Å². The zero-order valence-corrected chi connectivity index (χ0v) is 15.2. The Morgan fingerprint density at radius 1 is 1.12 bits per heavy atom. The number of hydrogen-bond acceptors (Lipinski definition) is 2. The van der Waals surface area contributed by atoms with Gasteiger partial charge in [0.15, 0.2) is 5.11 Å². The van der Waals surface area contributed by atoms with Crippen LogP contribution in [0.15, 0.2) is 48.8 Å². The van der Waals surface area contributed by atoms with Crippen LogP contribution >= 0.6 is 23.8 Å². The Morgan fingerprint density at radius 2 is 1.88 bits per heavy atom. The van der Waals surface area contributed by atoms with Gasteiger partial charge in [0.05, 0.1) is 11.9 Å². The predicted molar refractivity (Wildman–Crippen MR) is 105 cm³/mol. The zero-order valence-electron chi connectivity index (χ0n) is 13.6. The minimum Gasteiger partial charge on any atom is -0.362 e. The third kappa shape index (κ3) is 4.25. The summed E-state index contributed by atoms with van der Waals surface area (Å²) < 4.78 is 0. The predicted octanol–water partition coefficient (Wildman–Crippen LogP) is 4.92. The van der Waals surface area contributed by atoms with Gasteiger partial charge in [0, 0.05) is 23.2 Å². The van der Waals surface area contributed by atoms with Gasteiger partial charge in [0.1, 0.15) is 0 Å². The van der Waals surface area contributed by atoms with Crippen LogP contribution in [0.1, 0.15) is 37.7 Å². The number of anilines is 1. The van der Waals surface area contributed by atoms with Gasteiger partial charge in [-0.1, -0.05) is 43.0 Å². The molecule has 2 N–H and O–H groups in total. The lowest BCUT2D eigenvalue weighted by Crippen LogP contribution is -2.43. The highest BCUT2D eigenvalue weighted by Crippen LogP contribution is 2.39. The second-order valence-electron chi connectivity index (χ2n) is 6.40. The fourth-order valence-electron chi connectivity index (χ4n) is 3.46. The number of hydrogen-bond donors (Lipinski definition) is 2. The molecule has 1 aliphatic rings. The summed E-state index contributed by atoms with van der Waals surface area (Å²) in [4.78, 5) is 4.09. The molecule has 3 nitrogen and oxygen atoms in total. The van der Waals surface area contributed by atoms with Gasteiger partial charge in [-0.2, -0.15) is 0 Å². The topological polar surface area (TPSA) is 37.0 Å². The van der Waals surface area contributed by atoms with E-state index in [1.54, 1.807) is 12.4 Å². The number of pyridine rings is 1. The minimum atomic E-state index is 0.128. The van der Waals surface area contributed by atoms with Crippen molar-refractivity contribution in [2.45, 2.75) is 37.5 Å². The second kappa shape index (κ2) is 7.95. The first-order valence-corrected chi connectivity index (χ1v) is 9.18. The molecule has 3 rings (SSSR count). The molecular weight excluding hydrogens is 338 g/mol. The van der Waals surface area contributed by atoms with Gasteiger partial charge in [0.25, 0.3) is 0 Å². The molecule has 1 aromatic carbocycles. The lowest BCUT2D eigenvalue weighted by atomic mass is 9.69. The molecule has 0 atom stereocenters. The van der Waals surface area contributed by atoms with Crippen LogP contribution < -0.4 is 10.6 Å². The number of halogens is 1. The highest BCUT2D eigenvalue weighted by atomic mass is 35.5. The first-order valence-electron chi connectivity index (χ1n) is 8.39. The van der Waals surface area contributed by atoms with Crippen LogP contribution in [0.4, 0.5) is 5.69 Å². The molecule has 2 aromatic rings. The molecule has 1 fully saturated rings. The SMILES string of the molecule is S=C(NCC1(c2ccc(Cl)cc2)CCCCC1)Nc1cccnc1. The van der Waals surface area contributed by atoms with Crippen LogP contribution in [0, 0.1) is 0 Å². The molecule has 0 amide bonds. The van der Waals surface area contributed by atoms with Gasteiger partial charge < -0.3 is 10.6 Å². The van der Waals surface area contributed by atoms with Crippen molar-refractivity contribution in [3.05, 3.63) is 59.4 Å². The van der Waals surface area contributed by atoms with E-state index >= 15 is 0 Å². The number of rotatable bonds is 4. The first-order chi connectivity index (χ1) is 11.7. The summed E-state index contributed by atoms with van der Waals surface area (Å²) in [7, 11) is 0. The van der Waals surface area contributed by atoms with Crippen molar-refractivity contribution in [3.8, 4) is 0 Å². The summed E-state index contributed by atoms with van der Waals surface area (Å²) in [5, 5.41) is 8.03. The number of aromatic nitrogens is 1. The molecule has 0 bridgehead atoms. The summed E-state index contributed by atoms with van der Waals surface area (Å²) in [5.74, 6) is 0. The average molecular weight is 360 g/mol. The Hall–Kier alpha value is -1.65. The van der Waals surface area contributed by atoms with Crippen molar-refractivity contribution >= 4 is 34.6 Å². The van der Waals surface area contributed by atoms with Crippen molar-refractivity contribution in [1.29, 1.82) is 0 Å². The third-order valence-corrected chi connectivity index (χ3v) is 5.27. The molecule has 0 spiro atoms. The molecule has 5 heteroatoms. The number of benzene rings is 1. The molecule has 0 saturated heterocycles. The van der Waals surface area contributed by atoms with Crippen LogP contribution in [0.3, 0.4) is 0 Å². The fourth-order valence-corrected chi connectivity index (χ4v) is 3.78. The van der Waals surface area contributed by atoms with Crippen molar-refractivity contribution in [2.75, 3.05) is 11.9 Å². The molecular formula is C19H22ClN3S. The van der Waals surface area contributed by atoms with Crippen molar-refractivity contribution in [3.63, 3.8) is 0 Å². The number of nitrogens with zero attached hydrogens (tertiary/aromatic N) is 1. The molecule has 0 aliphatic heterocycles. The standard InChI is InChI=1S/C19H22ClN3S/c20-16-8-6-15(7-9-16)19(10-2-1-3-11-19)14-22-18(24)23-17-5-4-12-21-13-17/h4-9,12-13H,1-3,10-11,14H2,(H2,22,23,24). The van der Waals surface area contributed by atoms with Gasteiger partial charge in [-0.05, 0) is 54.9 Å². The average Bonchev–Trinajstić information content (AvgIpc) is 2.62. The molecule has 24 heavy (non-hydrogen) atoms. The van der Waals surface area contributed by atoms with E-state index in [1.807, 2.05) is 24.3 Å². The fraction of sp³-hybridized carbons (Fsp3) is 0.368. The zero-order chi connectivity index (χ0) is 16.8. The van der Waals surface area contributed by atoms with Crippen LogP contribution in [0.25, 0.3) is 0 Å². The van der Waals surface area contributed by atoms with Crippen LogP contribution in [-0.4, -0.2) is 16.6 Å². The maximum atomic E-state index is 6.06. The maximum Gasteiger partial charge on any atom is 0.170 e. The second-order valence-corrected chi connectivity index (χ2v) is 7.24. The van der Waals surface area contributed by atoms with E-state index in [4.69, 9.17) is 23.8 Å². The highest BCUT2D eigenvalue weighted by Gasteiger charge is 2.33. The number of nitrogens with one attached hydrogen (secondary N) is 2. The molecule has 0 unspecified atom stereocenters. The lowest BCUT2D eigenvalue weighted by Gasteiger charge is -2.38. The van der Waals surface area contributed by atoms with E-state index in [1.165, 1.54) is 37.7 Å². The minimum absolute atomic E-state index is 0.128. The summed E-state index contributed by atoms with van der Waals surface area (Å²) >= 11 is 11.5. The Balaban J connectivity index is 1.68. The molecule has 1 saturated carbocycles. The molecule has 0 radical (unpaired) electrons. The highest BCUT2D eigenvalue weighted by molar-refractivity contribution is 7.80. The Kier molecular flexibility index (Phi) is 5.69. The normalized spacial score (nSPS) is 16.4. The Morgan fingerprint density at radius 3 is 2.54 bits per heavy atom. The summed E-state index contributed by atoms with van der Waals surface area (Å²) in [5.41, 5.74) is 2.38. The van der Waals surface area contributed by atoms with E-state index in [0.717, 1.165) is 17.3 Å². The van der Waals surface area contributed by atoms with Crippen molar-refractivity contribution in [1.82, 2.24) is 10.3 Å². The molecule has 1 aliphatic carbocycles. The smallest absolute Gasteiger partial charge is 0.170 e. The first kappa shape index (κ1) is 17.2. The summed E-state index contributed by atoms with van der Waals surface area (Å²) in [6, 6.07) is 12.1. The van der Waals surface area contributed by atoms with Crippen LogP contribution in [0.2, 0.25) is 5.02 Å². The third-order valence-electron chi connectivity index (χ3n) is 4.77. The monoisotopic (exact) mass is 359 g/mol. The Bertz CT molecular complexity index is 667. The maximum absolute atomic E-state index is 6.06. The number of thiocarbonyl (C=S) groups is 1. The van der Waals surface area contributed by atoms with E-state index in [-0.39, 0.29) is 5.41 Å². The quantitative estimate of drug-likeness (QED) is 0.759. The molecule has 126 valence electrons. The van der Waals surface area contributed by atoms with Gasteiger partial charge in [-0.3, -0.25) is 4.98 Å². The summed E-state index contributed by atoms with van der Waals surface area (Å²) in [6.45, 7) is 0.834. The Labute approximate surface area is 153 Å². The van der Waals surface area contributed by atoms with E-state index in [9.17, 15) is 0 Å². The van der Waals surface area contributed by atoms with E-state index in [0.29, 0.717) is 5.11 Å². The van der Waals surface area contributed by atoms with Crippen LogP contribution in [0.5, 0.6) is 0 Å². The largest absolute Gasteiger partial charge is 0.362 e. The van der Waals surface area contributed by atoms with E-state index in [2.05, 4.69) is 27.8 Å². The van der Waals surface area contributed by atoms with Gasteiger partial charge >= 0.3 is 0 Å². The van der Waals surface area contributed by atoms with Crippen LogP contribution in [-0.2, 0) is 5.41 Å². The molecule has 1 aromatic heterocycles. The lowest BCUT2D eigenvalue weighted by molar-refractivity contribution is 0.292. The van der Waals surface area contributed by atoms with Gasteiger partial charge in [0.2, 0.25) is 0 Å². The van der Waals surface area contributed by atoms with Gasteiger partial charge in [-0.25, -0.2) is 0 Å². The van der Waals surface area contributed by atoms with Crippen molar-refractivity contribution in [2.24, 2.45) is 0 Å².